The van der Waals surface area contributed by atoms with Crippen molar-refractivity contribution in [3.8, 4) is 11.8 Å². The molecule has 0 bridgehead atoms. The molecular weight excluding hydrogens is 254 g/mol. The Hall–Kier alpha value is -2.39. The molecule has 0 saturated carbocycles. The lowest BCUT2D eigenvalue weighted by Gasteiger charge is -2.15. The first-order chi connectivity index (χ1) is 9.65. The van der Waals surface area contributed by atoms with Gasteiger partial charge in [-0.1, -0.05) is 0 Å². The number of rotatable bonds is 5. The normalized spacial score (nSPS) is 11.9. The number of nitrogens with one attached hydrogen (secondary N) is 1. The van der Waals surface area contributed by atoms with Crippen molar-refractivity contribution in [2.45, 2.75) is 19.5 Å². The van der Waals surface area contributed by atoms with Crippen LogP contribution in [0.1, 0.15) is 29.9 Å². The number of aromatic nitrogens is 3. The summed E-state index contributed by atoms with van der Waals surface area (Å²) in [6, 6.07) is 7.57. The molecule has 0 radical (unpaired) electrons. The van der Waals surface area contributed by atoms with Gasteiger partial charge in [-0.2, -0.15) is 5.26 Å². The summed E-state index contributed by atoms with van der Waals surface area (Å²) in [5.74, 6) is 1.63. The van der Waals surface area contributed by atoms with Gasteiger partial charge in [0.05, 0.1) is 24.8 Å². The number of benzene rings is 1. The molecule has 2 rings (SSSR count). The lowest BCUT2D eigenvalue weighted by Crippen LogP contribution is -2.21. The van der Waals surface area contributed by atoms with Crippen LogP contribution in [0.5, 0.6) is 5.75 Å². The Bertz CT molecular complexity index is 629. The Morgan fingerprint density at radius 1 is 1.50 bits per heavy atom. The van der Waals surface area contributed by atoms with Crippen molar-refractivity contribution in [2.24, 2.45) is 7.05 Å². The van der Waals surface area contributed by atoms with E-state index >= 15 is 0 Å². The Morgan fingerprint density at radius 2 is 2.30 bits per heavy atom. The molecule has 6 heteroatoms. The SMILES string of the molecule is COc1ccc(C#N)cc1CNC(C)c1nncn1C. The number of aryl methyl sites for hydroxylation is 1. The minimum atomic E-state index is 0.0537. The maximum absolute atomic E-state index is 8.96. The second-order valence-corrected chi connectivity index (χ2v) is 4.54. The average molecular weight is 271 g/mol. The van der Waals surface area contributed by atoms with Crippen LogP contribution in [0.3, 0.4) is 0 Å². The summed E-state index contributed by atoms with van der Waals surface area (Å²) in [6.45, 7) is 2.61. The van der Waals surface area contributed by atoms with E-state index in [1.165, 1.54) is 0 Å². The predicted molar refractivity (Wildman–Crippen MR) is 74.0 cm³/mol. The van der Waals surface area contributed by atoms with Crippen molar-refractivity contribution in [3.05, 3.63) is 41.5 Å². The van der Waals surface area contributed by atoms with Crippen molar-refractivity contribution < 1.29 is 4.74 Å². The maximum Gasteiger partial charge on any atom is 0.149 e. The van der Waals surface area contributed by atoms with E-state index in [0.29, 0.717) is 12.1 Å². The van der Waals surface area contributed by atoms with E-state index in [-0.39, 0.29) is 6.04 Å². The van der Waals surface area contributed by atoms with Gasteiger partial charge in [0.25, 0.3) is 0 Å². The Labute approximate surface area is 118 Å². The van der Waals surface area contributed by atoms with E-state index in [1.54, 1.807) is 19.5 Å². The molecule has 1 heterocycles. The van der Waals surface area contributed by atoms with Crippen LogP contribution >= 0.6 is 0 Å². The molecule has 0 saturated heterocycles. The highest BCUT2D eigenvalue weighted by molar-refractivity contribution is 5.42. The number of ether oxygens (including phenoxy) is 1. The zero-order chi connectivity index (χ0) is 14.5. The maximum atomic E-state index is 8.96. The fourth-order valence-corrected chi connectivity index (χ4v) is 2.02. The summed E-state index contributed by atoms with van der Waals surface area (Å²) in [5, 5.41) is 20.2. The monoisotopic (exact) mass is 271 g/mol. The number of hydrogen-bond donors (Lipinski definition) is 1. The van der Waals surface area contributed by atoms with Gasteiger partial charge in [-0.15, -0.1) is 10.2 Å². The molecule has 1 atom stereocenters. The van der Waals surface area contributed by atoms with Gasteiger partial charge in [-0.3, -0.25) is 0 Å². The molecule has 0 spiro atoms. The minimum Gasteiger partial charge on any atom is -0.496 e. The van der Waals surface area contributed by atoms with Crippen molar-refractivity contribution in [2.75, 3.05) is 7.11 Å². The lowest BCUT2D eigenvalue weighted by molar-refractivity contribution is 0.405. The van der Waals surface area contributed by atoms with E-state index in [1.807, 2.05) is 30.7 Å². The summed E-state index contributed by atoms with van der Waals surface area (Å²) in [6.07, 6.45) is 1.67. The van der Waals surface area contributed by atoms with Gasteiger partial charge in [-0.25, -0.2) is 0 Å². The highest BCUT2D eigenvalue weighted by Crippen LogP contribution is 2.20. The van der Waals surface area contributed by atoms with Crippen LogP contribution < -0.4 is 10.1 Å². The number of hydrogen-bond acceptors (Lipinski definition) is 5. The van der Waals surface area contributed by atoms with Crippen molar-refractivity contribution in [3.63, 3.8) is 0 Å². The van der Waals surface area contributed by atoms with Crippen molar-refractivity contribution in [1.82, 2.24) is 20.1 Å². The zero-order valence-electron chi connectivity index (χ0n) is 11.8. The smallest absolute Gasteiger partial charge is 0.149 e. The van der Waals surface area contributed by atoms with E-state index in [9.17, 15) is 0 Å². The van der Waals surface area contributed by atoms with Crippen molar-refractivity contribution >= 4 is 0 Å². The third kappa shape index (κ3) is 2.95. The highest BCUT2D eigenvalue weighted by Gasteiger charge is 2.12. The standard InChI is InChI=1S/C14H17N5O/c1-10(14-18-17-9-19(14)2)16-8-12-6-11(7-15)4-5-13(12)20-3/h4-6,9-10,16H,8H2,1-3H3. The number of nitriles is 1. The van der Waals surface area contributed by atoms with Crippen LogP contribution in [0.15, 0.2) is 24.5 Å². The molecule has 0 aliphatic heterocycles. The minimum absolute atomic E-state index is 0.0537. The molecule has 0 aliphatic rings. The Morgan fingerprint density at radius 3 is 2.90 bits per heavy atom. The van der Waals surface area contributed by atoms with E-state index in [4.69, 9.17) is 10.00 Å². The van der Waals surface area contributed by atoms with Crippen LogP contribution in [0.2, 0.25) is 0 Å². The topological polar surface area (TPSA) is 75.8 Å². The second kappa shape index (κ2) is 6.17. The predicted octanol–water partition coefficient (Wildman–Crippen LogP) is 1.55. The molecule has 0 amide bonds. The van der Waals surface area contributed by atoms with Gasteiger partial charge < -0.3 is 14.6 Å². The molecule has 2 aromatic rings. The molecule has 0 aliphatic carbocycles. The van der Waals surface area contributed by atoms with Gasteiger partial charge in [0.2, 0.25) is 0 Å². The summed E-state index contributed by atoms with van der Waals surface area (Å²) >= 11 is 0. The van der Waals surface area contributed by atoms with Crippen LogP contribution in [0.25, 0.3) is 0 Å². The second-order valence-electron chi connectivity index (χ2n) is 4.54. The first-order valence-corrected chi connectivity index (χ1v) is 6.30. The van der Waals surface area contributed by atoms with Gasteiger partial charge >= 0.3 is 0 Å². The summed E-state index contributed by atoms with van der Waals surface area (Å²) in [7, 11) is 3.53. The summed E-state index contributed by atoms with van der Waals surface area (Å²) in [4.78, 5) is 0. The van der Waals surface area contributed by atoms with Gasteiger partial charge in [0, 0.05) is 19.2 Å². The molecule has 1 aromatic carbocycles. The average Bonchev–Trinajstić information content (AvgIpc) is 2.90. The fraction of sp³-hybridized carbons (Fsp3) is 0.357. The fourth-order valence-electron chi connectivity index (χ4n) is 2.02. The number of nitrogens with zero attached hydrogens (tertiary/aromatic N) is 4. The molecule has 20 heavy (non-hydrogen) atoms. The largest absolute Gasteiger partial charge is 0.496 e. The quantitative estimate of drug-likeness (QED) is 0.892. The first kappa shape index (κ1) is 14.0. The van der Waals surface area contributed by atoms with Gasteiger partial charge in [0.1, 0.15) is 17.9 Å². The van der Waals surface area contributed by atoms with Crippen molar-refractivity contribution in [1.29, 1.82) is 5.26 Å². The highest BCUT2D eigenvalue weighted by atomic mass is 16.5. The summed E-state index contributed by atoms with van der Waals surface area (Å²) < 4.78 is 7.18. The zero-order valence-corrected chi connectivity index (χ0v) is 11.8. The van der Waals surface area contributed by atoms with E-state index < -0.39 is 0 Å². The lowest BCUT2D eigenvalue weighted by atomic mass is 10.1. The molecular formula is C14H17N5O. The Balaban J connectivity index is 2.11. The van der Waals surface area contributed by atoms with Crippen LogP contribution in [0, 0.1) is 11.3 Å². The molecule has 6 nitrogen and oxygen atoms in total. The Kier molecular flexibility index (Phi) is 4.33. The third-order valence-electron chi connectivity index (χ3n) is 3.14. The molecule has 1 unspecified atom stereocenters. The van der Waals surface area contributed by atoms with Crippen LogP contribution in [-0.2, 0) is 13.6 Å². The molecule has 1 N–H and O–H groups in total. The van der Waals surface area contributed by atoms with Gasteiger partial charge in [-0.05, 0) is 25.1 Å². The molecule has 1 aromatic heterocycles. The van der Waals surface area contributed by atoms with Crippen LogP contribution in [0.4, 0.5) is 0 Å². The third-order valence-corrected chi connectivity index (χ3v) is 3.14. The van der Waals surface area contributed by atoms with Gasteiger partial charge in [0.15, 0.2) is 0 Å². The molecule has 104 valence electrons. The summed E-state index contributed by atoms with van der Waals surface area (Å²) in [5.41, 5.74) is 1.56. The van der Waals surface area contributed by atoms with E-state index in [0.717, 1.165) is 17.1 Å². The molecule has 0 fully saturated rings. The van der Waals surface area contributed by atoms with Crippen LogP contribution in [-0.4, -0.2) is 21.9 Å². The number of methoxy groups -OCH3 is 1. The van der Waals surface area contributed by atoms with E-state index in [2.05, 4.69) is 21.6 Å². The first-order valence-electron chi connectivity index (χ1n) is 6.30.